The van der Waals surface area contributed by atoms with Crippen molar-refractivity contribution in [2.24, 2.45) is 18.9 Å². The summed E-state index contributed by atoms with van der Waals surface area (Å²) in [6.07, 6.45) is 3.73. The lowest BCUT2D eigenvalue weighted by molar-refractivity contribution is 0.0685. The van der Waals surface area contributed by atoms with Gasteiger partial charge in [0, 0.05) is 36.1 Å². The van der Waals surface area contributed by atoms with Crippen molar-refractivity contribution in [3.63, 3.8) is 0 Å². The third-order valence-corrected chi connectivity index (χ3v) is 5.66. The Morgan fingerprint density at radius 1 is 1.30 bits per heavy atom. The van der Waals surface area contributed by atoms with Crippen molar-refractivity contribution in [1.29, 1.82) is 0 Å². The topological polar surface area (TPSA) is 54.3 Å². The second kappa shape index (κ2) is 6.36. The number of para-hydroxylation sites is 1. The van der Waals surface area contributed by atoms with Crippen molar-refractivity contribution in [2.45, 2.75) is 45.7 Å². The number of fused-ring (bicyclic) bond motifs is 1. The van der Waals surface area contributed by atoms with Crippen LogP contribution in [0, 0.1) is 11.8 Å². The molecule has 1 fully saturated rings. The predicted molar refractivity (Wildman–Crippen MR) is 92.7 cm³/mol. The molecule has 3 atom stereocenters. The highest BCUT2D eigenvalue weighted by atomic mass is 16.4. The van der Waals surface area contributed by atoms with E-state index in [0.29, 0.717) is 24.2 Å². The van der Waals surface area contributed by atoms with Gasteiger partial charge in [0.15, 0.2) is 0 Å². The maximum Gasteiger partial charge on any atom is 0.352 e. The Balaban J connectivity index is 1.90. The lowest BCUT2D eigenvalue weighted by Gasteiger charge is -2.34. The first-order valence-electron chi connectivity index (χ1n) is 8.53. The van der Waals surface area contributed by atoms with E-state index in [0.717, 1.165) is 22.4 Å². The highest BCUT2D eigenvalue weighted by Crippen LogP contribution is 2.31. The van der Waals surface area contributed by atoms with Crippen LogP contribution in [0.4, 0.5) is 0 Å². The Hall–Kier alpha value is -1.81. The number of rotatable bonds is 4. The van der Waals surface area contributed by atoms with Gasteiger partial charge in [-0.25, -0.2) is 4.79 Å². The Morgan fingerprint density at radius 3 is 2.78 bits per heavy atom. The summed E-state index contributed by atoms with van der Waals surface area (Å²) < 4.78 is 1.79. The van der Waals surface area contributed by atoms with Gasteiger partial charge in [-0.15, -0.1) is 0 Å². The van der Waals surface area contributed by atoms with Crippen LogP contribution in [0.15, 0.2) is 24.3 Å². The molecule has 1 aliphatic rings. The Labute approximate surface area is 137 Å². The molecule has 1 aromatic heterocycles. The van der Waals surface area contributed by atoms with Crippen molar-refractivity contribution in [2.75, 3.05) is 0 Å². The van der Waals surface area contributed by atoms with Gasteiger partial charge in [0.1, 0.15) is 5.69 Å². The number of nitrogens with zero attached hydrogens (tertiary/aromatic N) is 1. The molecule has 4 heteroatoms. The number of aryl methyl sites for hydroxylation is 1. The van der Waals surface area contributed by atoms with Gasteiger partial charge in [-0.2, -0.15) is 0 Å². The number of aromatic carboxylic acids is 1. The molecule has 0 bridgehead atoms. The molecule has 0 spiro atoms. The molecule has 2 N–H and O–H groups in total. The van der Waals surface area contributed by atoms with Gasteiger partial charge in [0.05, 0.1) is 0 Å². The Bertz CT molecular complexity index is 719. The SMILES string of the molecule is CC1CCCC(NCc2c(C(=O)O)n(C)c3ccccc23)C1C. The smallest absolute Gasteiger partial charge is 0.352 e. The van der Waals surface area contributed by atoms with Crippen molar-refractivity contribution in [3.8, 4) is 0 Å². The summed E-state index contributed by atoms with van der Waals surface area (Å²) in [5, 5.41) is 14.3. The summed E-state index contributed by atoms with van der Waals surface area (Å²) in [5.74, 6) is 0.505. The second-order valence-corrected chi connectivity index (χ2v) is 6.96. The number of carboxylic acid groups (broad SMARTS) is 1. The molecule has 0 saturated heterocycles. The van der Waals surface area contributed by atoms with Crippen LogP contribution < -0.4 is 5.32 Å². The standard InChI is InChI=1S/C19H26N2O2/c1-12-7-6-9-16(13(12)2)20-11-15-14-8-4-5-10-17(14)21(3)18(15)19(22)23/h4-5,8,10,12-13,16,20H,6-7,9,11H2,1-3H3,(H,22,23). The predicted octanol–water partition coefficient (Wildman–Crippen LogP) is 3.79. The fourth-order valence-corrected chi connectivity index (χ4v) is 4.03. The number of carboxylic acids is 1. The Morgan fingerprint density at radius 2 is 2.04 bits per heavy atom. The van der Waals surface area contributed by atoms with Crippen molar-refractivity contribution in [3.05, 3.63) is 35.5 Å². The molecule has 1 aliphatic carbocycles. The monoisotopic (exact) mass is 314 g/mol. The lowest BCUT2D eigenvalue weighted by atomic mass is 9.78. The van der Waals surface area contributed by atoms with Gasteiger partial charge >= 0.3 is 5.97 Å². The van der Waals surface area contributed by atoms with E-state index in [1.807, 2.05) is 31.3 Å². The van der Waals surface area contributed by atoms with Crippen LogP contribution >= 0.6 is 0 Å². The van der Waals surface area contributed by atoms with E-state index in [1.165, 1.54) is 19.3 Å². The zero-order valence-electron chi connectivity index (χ0n) is 14.2. The lowest BCUT2D eigenvalue weighted by Crippen LogP contribution is -2.40. The first-order valence-corrected chi connectivity index (χ1v) is 8.53. The van der Waals surface area contributed by atoms with E-state index in [-0.39, 0.29) is 0 Å². The third kappa shape index (κ3) is 2.88. The van der Waals surface area contributed by atoms with Crippen LogP contribution in [0.2, 0.25) is 0 Å². The summed E-state index contributed by atoms with van der Waals surface area (Å²) in [7, 11) is 1.83. The second-order valence-electron chi connectivity index (χ2n) is 6.96. The molecule has 3 unspecified atom stereocenters. The Kier molecular flexibility index (Phi) is 4.44. The quantitative estimate of drug-likeness (QED) is 0.902. The molecule has 0 aliphatic heterocycles. The van der Waals surface area contributed by atoms with Crippen LogP contribution in [-0.4, -0.2) is 21.7 Å². The third-order valence-electron chi connectivity index (χ3n) is 5.66. The van der Waals surface area contributed by atoms with E-state index >= 15 is 0 Å². The van der Waals surface area contributed by atoms with Crippen LogP contribution in [0.1, 0.15) is 49.2 Å². The highest BCUT2D eigenvalue weighted by molar-refractivity contribution is 5.98. The highest BCUT2D eigenvalue weighted by Gasteiger charge is 2.28. The average Bonchev–Trinajstić information content (AvgIpc) is 2.82. The maximum absolute atomic E-state index is 11.7. The van der Waals surface area contributed by atoms with Crippen LogP contribution in [0.5, 0.6) is 0 Å². The van der Waals surface area contributed by atoms with Crippen molar-refractivity contribution in [1.82, 2.24) is 9.88 Å². The molecule has 3 rings (SSSR count). The fraction of sp³-hybridized carbons (Fsp3) is 0.526. The van der Waals surface area contributed by atoms with Crippen LogP contribution in [0.3, 0.4) is 0 Å². The molecule has 1 aromatic carbocycles. The summed E-state index contributed by atoms with van der Waals surface area (Å²) in [4.78, 5) is 11.7. The summed E-state index contributed by atoms with van der Waals surface area (Å²) >= 11 is 0. The molecule has 0 amide bonds. The molecule has 124 valence electrons. The molecular formula is C19H26N2O2. The van der Waals surface area contributed by atoms with Gasteiger partial charge in [-0.05, 0) is 24.3 Å². The van der Waals surface area contributed by atoms with E-state index in [4.69, 9.17) is 0 Å². The minimum absolute atomic E-state index is 0.398. The summed E-state index contributed by atoms with van der Waals surface area (Å²) in [6, 6.07) is 8.40. The number of hydrogen-bond acceptors (Lipinski definition) is 2. The number of benzene rings is 1. The van der Waals surface area contributed by atoms with E-state index in [9.17, 15) is 9.90 Å². The first-order chi connectivity index (χ1) is 11.0. The zero-order valence-corrected chi connectivity index (χ0v) is 14.2. The van der Waals surface area contributed by atoms with Gasteiger partial charge in [0.25, 0.3) is 0 Å². The molecule has 0 radical (unpaired) electrons. The minimum atomic E-state index is -0.856. The number of hydrogen-bond donors (Lipinski definition) is 2. The zero-order chi connectivity index (χ0) is 16.6. The molecule has 1 saturated carbocycles. The van der Waals surface area contributed by atoms with Gasteiger partial charge in [-0.3, -0.25) is 0 Å². The number of nitrogens with one attached hydrogen (secondary N) is 1. The van der Waals surface area contributed by atoms with E-state index < -0.39 is 5.97 Å². The average molecular weight is 314 g/mol. The first kappa shape index (κ1) is 16.1. The molecule has 1 heterocycles. The summed E-state index contributed by atoms with van der Waals surface area (Å²) in [6.45, 7) is 5.24. The normalized spacial score (nSPS) is 24.9. The molecule has 2 aromatic rings. The van der Waals surface area contributed by atoms with E-state index in [2.05, 4.69) is 19.2 Å². The summed E-state index contributed by atoms with van der Waals surface area (Å²) in [5.41, 5.74) is 2.28. The minimum Gasteiger partial charge on any atom is -0.477 e. The van der Waals surface area contributed by atoms with Crippen LogP contribution in [0.25, 0.3) is 10.9 Å². The maximum atomic E-state index is 11.7. The van der Waals surface area contributed by atoms with E-state index in [1.54, 1.807) is 4.57 Å². The number of aromatic nitrogens is 1. The molecule has 23 heavy (non-hydrogen) atoms. The van der Waals surface area contributed by atoms with Gasteiger partial charge in [0.2, 0.25) is 0 Å². The largest absolute Gasteiger partial charge is 0.477 e. The van der Waals surface area contributed by atoms with Crippen molar-refractivity contribution >= 4 is 16.9 Å². The fourth-order valence-electron chi connectivity index (χ4n) is 4.03. The molecule has 4 nitrogen and oxygen atoms in total. The van der Waals surface area contributed by atoms with Crippen molar-refractivity contribution < 1.29 is 9.90 Å². The van der Waals surface area contributed by atoms with Crippen LogP contribution in [-0.2, 0) is 13.6 Å². The van der Waals surface area contributed by atoms with Gasteiger partial charge < -0.3 is 15.0 Å². The molecular weight excluding hydrogens is 288 g/mol. The number of carbonyl (C=O) groups is 1. The van der Waals surface area contributed by atoms with Gasteiger partial charge in [-0.1, -0.05) is 44.9 Å².